The maximum atomic E-state index is 6.52. The molecule has 0 fully saturated rings. The molecule has 2 aromatic heterocycles. The van der Waals surface area contributed by atoms with Gasteiger partial charge in [-0.05, 0) is 65.2 Å². The number of rotatable bonds is 6. The van der Waals surface area contributed by atoms with Crippen LogP contribution >= 0.6 is 0 Å². The molecule has 0 aliphatic carbocycles. The summed E-state index contributed by atoms with van der Waals surface area (Å²) >= 11 is 0. The summed E-state index contributed by atoms with van der Waals surface area (Å²) in [7, 11) is 0. The van der Waals surface area contributed by atoms with Crippen molar-refractivity contribution in [3.63, 3.8) is 0 Å². The van der Waals surface area contributed by atoms with E-state index in [1.807, 2.05) is 48.5 Å². The number of para-hydroxylation sites is 1. The molecule has 0 spiro atoms. The molecule has 4 nitrogen and oxygen atoms in total. The fourth-order valence-electron chi connectivity index (χ4n) is 6.49. The average molecular weight is 605 g/mol. The second kappa shape index (κ2) is 11.2. The molecule has 222 valence electrons. The van der Waals surface area contributed by atoms with Crippen molar-refractivity contribution in [1.29, 1.82) is 0 Å². The number of fused-ring (bicyclic) bond motifs is 4. The zero-order valence-electron chi connectivity index (χ0n) is 25.4. The molecule has 4 heteroatoms. The monoisotopic (exact) mass is 604 g/mol. The molecular formula is C43H28N2O2. The van der Waals surface area contributed by atoms with Gasteiger partial charge in [-0.15, -0.1) is 0 Å². The van der Waals surface area contributed by atoms with E-state index in [9.17, 15) is 0 Å². The summed E-state index contributed by atoms with van der Waals surface area (Å²) in [4.78, 5) is 7.14. The van der Waals surface area contributed by atoms with Crippen molar-refractivity contribution in [2.24, 2.45) is 0 Å². The van der Waals surface area contributed by atoms with Crippen molar-refractivity contribution in [3.05, 3.63) is 170 Å². The molecule has 0 atom stereocenters. The van der Waals surface area contributed by atoms with E-state index in [0.29, 0.717) is 5.89 Å². The third-order valence-corrected chi connectivity index (χ3v) is 8.71. The number of hydrogen-bond donors (Lipinski definition) is 0. The lowest BCUT2D eigenvalue weighted by Gasteiger charge is -2.28. The van der Waals surface area contributed by atoms with Gasteiger partial charge in [-0.3, -0.25) is 0 Å². The highest BCUT2D eigenvalue weighted by atomic mass is 16.4. The van der Waals surface area contributed by atoms with E-state index >= 15 is 0 Å². The molecule has 0 aliphatic rings. The lowest BCUT2D eigenvalue weighted by molar-refractivity contribution is 0.620. The van der Waals surface area contributed by atoms with E-state index in [0.717, 1.165) is 66.8 Å². The number of anilines is 3. The molecule has 47 heavy (non-hydrogen) atoms. The van der Waals surface area contributed by atoms with Crippen molar-refractivity contribution >= 4 is 50.1 Å². The Bertz CT molecular complexity index is 2500. The highest BCUT2D eigenvalue weighted by Gasteiger charge is 2.23. The van der Waals surface area contributed by atoms with Gasteiger partial charge in [0, 0.05) is 28.3 Å². The predicted octanol–water partition coefficient (Wildman–Crippen LogP) is 12.2. The SMILES string of the molecule is c1ccc(-c2ccc(N(c3ccccc3-c3ccccc3)c3cccc4oc5cc6nc(-c7ccccc7)oc6cc5c34)cc2)cc1. The first-order chi connectivity index (χ1) is 23.3. The standard InChI is InChI=1S/C43H28N2O2/c1-4-13-29(14-5-1)30-23-25-33(26-24-30)45(37-20-11-10-19-34(37)31-15-6-2-7-16-31)38-21-12-22-39-42(38)35-27-41-36(28-40(35)46-39)44-43(47-41)32-17-8-3-9-18-32/h1-28H. The van der Waals surface area contributed by atoms with E-state index in [1.54, 1.807) is 0 Å². The van der Waals surface area contributed by atoms with Gasteiger partial charge in [0.05, 0.1) is 16.8 Å². The Labute approximate surface area is 271 Å². The number of oxazole rings is 1. The molecule has 0 radical (unpaired) electrons. The van der Waals surface area contributed by atoms with Crippen LogP contribution in [0, 0.1) is 0 Å². The largest absolute Gasteiger partial charge is 0.456 e. The van der Waals surface area contributed by atoms with Crippen LogP contribution in [0.2, 0.25) is 0 Å². The van der Waals surface area contributed by atoms with Crippen LogP contribution in [0.25, 0.3) is 66.7 Å². The van der Waals surface area contributed by atoms with E-state index in [1.165, 1.54) is 11.1 Å². The molecule has 0 aliphatic heterocycles. The fourth-order valence-corrected chi connectivity index (χ4v) is 6.49. The van der Waals surface area contributed by atoms with Gasteiger partial charge in [0.1, 0.15) is 16.7 Å². The molecule has 0 amide bonds. The van der Waals surface area contributed by atoms with Gasteiger partial charge < -0.3 is 13.7 Å². The molecular weight excluding hydrogens is 576 g/mol. The van der Waals surface area contributed by atoms with Crippen LogP contribution in [-0.2, 0) is 0 Å². The Hall–Kier alpha value is -6.39. The highest BCUT2D eigenvalue weighted by molar-refractivity contribution is 6.16. The quantitative estimate of drug-likeness (QED) is 0.189. The lowest BCUT2D eigenvalue weighted by atomic mass is 10.00. The molecule has 0 unspecified atom stereocenters. The first-order valence-corrected chi connectivity index (χ1v) is 15.7. The van der Waals surface area contributed by atoms with Gasteiger partial charge in [0.25, 0.3) is 0 Å². The first-order valence-electron chi connectivity index (χ1n) is 15.7. The molecule has 0 saturated heterocycles. The number of furan rings is 1. The Balaban J connectivity index is 1.27. The Kier molecular flexibility index (Phi) is 6.43. The molecule has 0 bridgehead atoms. The smallest absolute Gasteiger partial charge is 0.227 e. The topological polar surface area (TPSA) is 42.4 Å². The molecule has 2 heterocycles. The minimum Gasteiger partial charge on any atom is -0.456 e. The molecule has 7 aromatic carbocycles. The summed E-state index contributed by atoms with van der Waals surface area (Å²) in [6.07, 6.45) is 0. The second-order valence-electron chi connectivity index (χ2n) is 11.6. The van der Waals surface area contributed by atoms with Crippen LogP contribution in [0.4, 0.5) is 17.1 Å². The minimum absolute atomic E-state index is 0.592. The van der Waals surface area contributed by atoms with Crippen molar-refractivity contribution in [2.75, 3.05) is 4.90 Å². The summed E-state index contributed by atoms with van der Waals surface area (Å²) in [6, 6.07) is 58.7. The zero-order chi connectivity index (χ0) is 31.2. The van der Waals surface area contributed by atoms with Crippen molar-refractivity contribution in [3.8, 4) is 33.7 Å². The van der Waals surface area contributed by atoms with E-state index in [2.05, 4.69) is 126 Å². The van der Waals surface area contributed by atoms with Crippen molar-refractivity contribution < 1.29 is 8.83 Å². The highest BCUT2D eigenvalue weighted by Crippen LogP contribution is 2.46. The van der Waals surface area contributed by atoms with Gasteiger partial charge in [-0.2, -0.15) is 0 Å². The van der Waals surface area contributed by atoms with Crippen molar-refractivity contribution in [2.45, 2.75) is 0 Å². The van der Waals surface area contributed by atoms with Crippen LogP contribution in [0.15, 0.2) is 179 Å². The fraction of sp³-hybridized carbons (Fsp3) is 0. The molecule has 0 N–H and O–H groups in total. The van der Waals surface area contributed by atoms with Gasteiger partial charge in [-0.25, -0.2) is 4.98 Å². The molecule has 9 aromatic rings. The minimum atomic E-state index is 0.592. The van der Waals surface area contributed by atoms with E-state index < -0.39 is 0 Å². The number of benzene rings is 7. The van der Waals surface area contributed by atoms with Gasteiger partial charge in [0.2, 0.25) is 5.89 Å². The second-order valence-corrected chi connectivity index (χ2v) is 11.6. The zero-order valence-corrected chi connectivity index (χ0v) is 25.4. The van der Waals surface area contributed by atoms with Crippen LogP contribution in [-0.4, -0.2) is 4.98 Å². The lowest BCUT2D eigenvalue weighted by Crippen LogP contribution is -2.11. The number of nitrogens with zero attached hydrogens (tertiary/aromatic N) is 2. The summed E-state index contributed by atoms with van der Waals surface area (Å²) in [5, 5.41) is 1.99. The summed E-state index contributed by atoms with van der Waals surface area (Å²) in [5.41, 5.74) is 11.8. The normalized spacial score (nSPS) is 11.4. The summed E-state index contributed by atoms with van der Waals surface area (Å²) in [5.74, 6) is 0.592. The Morgan fingerprint density at radius 1 is 0.426 bits per heavy atom. The first kappa shape index (κ1) is 27.0. The van der Waals surface area contributed by atoms with E-state index in [4.69, 9.17) is 13.8 Å². The van der Waals surface area contributed by atoms with Gasteiger partial charge in [-0.1, -0.05) is 115 Å². The molecule has 0 saturated carbocycles. The van der Waals surface area contributed by atoms with Crippen molar-refractivity contribution in [1.82, 2.24) is 4.98 Å². The number of aromatic nitrogens is 1. The average Bonchev–Trinajstić information content (AvgIpc) is 3.73. The third kappa shape index (κ3) is 4.75. The van der Waals surface area contributed by atoms with Crippen LogP contribution < -0.4 is 4.90 Å². The van der Waals surface area contributed by atoms with Crippen LogP contribution in [0.5, 0.6) is 0 Å². The van der Waals surface area contributed by atoms with Crippen LogP contribution in [0.1, 0.15) is 0 Å². The van der Waals surface area contributed by atoms with Gasteiger partial charge >= 0.3 is 0 Å². The van der Waals surface area contributed by atoms with Gasteiger partial charge in [0.15, 0.2) is 5.58 Å². The summed E-state index contributed by atoms with van der Waals surface area (Å²) in [6.45, 7) is 0. The summed E-state index contributed by atoms with van der Waals surface area (Å²) < 4.78 is 12.8. The Morgan fingerprint density at radius 2 is 1.04 bits per heavy atom. The maximum Gasteiger partial charge on any atom is 0.227 e. The third-order valence-electron chi connectivity index (χ3n) is 8.71. The predicted molar refractivity (Wildman–Crippen MR) is 192 cm³/mol. The van der Waals surface area contributed by atoms with Crippen LogP contribution in [0.3, 0.4) is 0 Å². The maximum absolute atomic E-state index is 6.52. The van der Waals surface area contributed by atoms with E-state index in [-0.39, 0.29) is 0 Å². The molecule has 9 rings (SSSR count). The number of hydrogen-bond acceptors (Lipinski definition) is 4. The Morgan fingerprint density at radius 3 is 1.79 bits per heavy atom.